The van der Waals surface area contributed by atoms with Crippen molar-refractivity contribution in [2.75, 3.05) is 30.0 Å². The topological polar surface area (TPSA) is 79.9 Å². The lowest BCUT2D eigenvalue weighted by atomic mass is 10.1. The minimum Gasteiger partial charge on any atom is -0.486 e. The molecule has 0 aliphatic carbocycles. The van der Waals surface area contributed by atoms with Crippen LogP contribution in [-0.2, 0) is 4.79 Å². The van der Waals surface area contributed by atoms with Crippen molar-refractivity contribution in [3.63, 3.8) is 0 Å². The van der Waals surface area contributed by atoms with Gasteiger partial charge in [-0.2, -0.15) is 0 Å². The molecule has 2 aromatic rings. The molecular formula is C21H23N3O4. The summed E-state index contributed by atoms with van der Waals surface area (Å²) in [7, 11) is 0. The molecule has 1 saturated heterocycles. The van der Waals surface area contributed by atoms with Crippen LogP contribution in [-0.4, -0.2) is 37.7 Å². The van der Waals surface area contributed by atoms with Crippen molar-refractivity contribution in [3.05, 3.63) is 47.5 Å². The third-order valence-corrected chi connectivity index (χ3v) is 5.11. The van der Waals surface area contributed by atoms with Gasteiger partial charge in [0.15, 0.2) is 11.5 Å². The van der Waals surface area contributed by atoms with Gasteiger partial charge >= 0.3 is 6.03 Å². The van der Waals surface area contributed by atoms with Gasteiger partial charge < -0.3 is 25.0 Å². The van der Waals surface area contributed by atoms with Gasteiger partial charge in [-0.1, -0.05) is 6.07 Å². The van der Waals surface area contributed by atoms with Crippen LogP contribution in [0.4, 0.5) is 16.2 Å². The van der Waals surface area contributed by atoms with Gasteiger partial charge in [0.05, 0.1) is 0 Å². The van der Waals surface area contributed by atoms with Gasteiger partial charge in [-0.3, -0.25) is 4.79 Å². The Morgan fingerprint density at radius 3 is 2.61 bits per heavy atom. The number of hydrogen-bond donors (Lipinski definition) is 2. The molecule has 2 N–H and O–H groups in total. The molecule has 2 aromatic carbocycles. The number of hydrogen-bond acceptors (Lipinski definition) is 4. The van der Waals surface area contributed by atoms with Gasteiger partial charge in [-0.05, 0) is 55.7 Å². The molecule has 28 heavy (non-hydrogen) atoms. The molecule has 4 rings (SSSR count). The van der Waals surface area contributed by atoms with Gasteiger partial charge in [0, 0.05) is 24.0 Å². The number of nitrogens with zero attached hydrogens (tertiary/aromatic N) is 1. The van der Waals surface area contributed by atoms with Crippen molar-refractivity contribution >= 4 is 23.3 Å². The van der Waals surface area contributed by atoms with E-state index in [1.165, 1.54) is 5.56 Å². The number of benzene rings is 2. The van der Waals surface area contributed by atoms with E-state index in [-0.39, 0.29) is 5.91 Å². The molecule has 0 bridgehead atoms. The smallest absolute Gasteiger partial charge is 0.319 e. The van der Waals surface area contributed by atoms with Gasteiger partial charge in [0.1, 0.15) is 19.3 Å². The third kappa shape index (κ3) is 3.60. The lowest BCUT2D eigenvalue weighted by molar-refractivity contribution is -0.118. The molecule has 1 atom stereocenters. The average Bonchev–Trinajstić information content (AvgIpc) is 3.04. The number of ether oxygens (including phenoxy) is 2. The summed E-state index contributed by atoms with van der Waals surface area (Å²) in [6.45, 7) is 5.64. The molecule has 0 unspecified atom stereocenters. The maximum Gasteiger partial charge on any atom is 0.319 e. The number of carbonyl (C=O) groups is 2. The predicted octanol–water partition coefficient (Wildman–Crippen LogP) is 3.00. The van der Waals surface area contributed by atoms with Crippen LogP contribution in [0.15, 0.2) is 36.4 Å². The van der Waals surface area contributed by atoms with Gasteiger partial charge in [-0.25, -0.2) is 4.79 Å². The lowest BCUT2D eigenvalue weighted by Gasteiger charge is -2.20. The largest absolute Gasteiger partial charge is 0.486 e. The Kier molecular flexibility index (Phi) is 4.81. The van der Waals surface area contributed by atoms with Crippen molar-refractivity contribution in [1.82, 2.24) is 5.32 Å². The van der Waals surface area contributed by atoms with E-state index < -0.39 is 12.1 Å². The Bertz CT molecular complexity index is 928. The number of anilines is 2. The summed E-state index contributed by atoms with van der Waals surface area (Å²) in [5.74, 6) is 1.16. The van der Waals surface area contributed by atoms with E-state index >= 15 is 0 Å². The summed E-state index contributed by atoms with van der Waals surface area (Å²) >= 11 is 0. The summed E-state index contributed by atoms with van der Waals surface area (Å²) in [6.07, 6.45) is 0.570. The van der Waals surface area contributed by atoms with Crippen molar-refractivity contribution in [3.8, 4) is 11.5 Å². The summed E-state index contributed by atoms with van der Waals surface area (Å²) in [6, 6.07) is 10.2. The van der Waals surface area contributed by atoms with E-state index in [4.69, 9.17) is 9.47 Å². The second kappa shape index (κ2) is 7.42. The zero-order chi connectivity index (χ0) is 19.7. The molecule has 0 saturated carbocycles. The number of fused-ring (bicyclic) bond motifs is 1. The minimum atomic E-state index is -0.543. The van der Waals surface area contributed by atoms with Crippen LogP contribution >= 0.6 is 0 Å². The fourth-order valence-corrected chi connectivity index (χ4v) is 3.41. The molecule has 0 aromatic heterocycles. The molecule has 2 heterocycles. The standard InChI is InChI=1S/C21H23N3O4/c1-13-3-5-16(11-14(13)2)24-8-7-17(20(24)25)23-21(26)22-15-4-6-18-19(12-15)28-10-9-27-18/h3-6,11-12,17H,7-10H2,1-2H3,(H2,22,23,26)/t17-/m0/s1. The van der Waals surface area contributed by atoms with Gasteiger partial charge in [0.2, 0.25) is 5.91 Å². The van der Waals surface area contributed by atoms with Crippen LogP contribution < -0.4 is 25.0 Å². The SMILES string of the molecule is Cc1ccc(N2CC[C@H](NC(=O)Nc3ccc4c(c3)OCCO4)C2=O)cc1C. The Labute approximate surface area is 163 Å². The minimum absolute atomic E-state index is 0.0967. The summed E-state index contributed by atoms with van der Waals surface area (Å²) < 4.78 is 11.0. The van der Waals surface area contributed by atoms with Crippen LogP contribution in [0.5, 0.6) is 11.5 Å². The number of carbonyl (C=O) groups excluding carboxylic acids is 2. The highest BCUT2D eigenvalue weighted by Crippen LogP contribution is 2.32. The van der Waals surface area contributed by atoms with E-state index in [9.17, 15) is 9.59 Å². The number of rotatable bonds is 3. The van der Waals surface area contributed by atoms with Crippen LogP contribution in [0.2, 0.25) is 0 Å². The zero-order valence-corrected chi connectivity index (χ0v) is 16.0. The quantitative estimate of drug-likeness (QED) is 0.857. The van der Waals surface area contributed by atoms with E-state index in [1.807, 2.05) is 32.0 Å². The first-order chi connectivity index (χ1) is 13.5. The number of amides is 3. The Hall–Kier alpha value is -3.22. The molecule has 2 aliphatic heterocycles. The van der Waals surface area contributed by atoms with Crippen LogP contribution in [0, 0.1) is 13.8 Å². The van der Waals surface area contributed by atoms with Crippen molar-refractivity contribution in [1.29, 1.82) is 0 Å². The molecule has 3 amide bonds. The number of aryl methyl sites for hydroxylation is 2. The second-order valence-electron chi connectivity index (χ2n) is 7.06. The van der Waals surface area contributed by atoms with Crippen molar-refractivity contribution < 1.29 is 19.1 Å². The first kappa shape index (κ1) is 18.2. The highest BCUT2D eigenvalue weighted by Gasteiger charge is 2.33. The predicted molar refractivity (Wildman–Crippen MR) is 106 cm³/mol. The van der Waals surface area contributed by atoms with E-state index in [1.54, 1.807) is 23.1 Å². The lowest BCUT2D eigenvalue weighted by Crippen LogP contribution is -2.43. The van der Waals surface area contributed by atoms with E-state index in [0.29, 0.717) is 43.4 Å². The van der Waals surface area contributed by atoms with Crippen LogP contribution in [0.25, 0.3) is 0 Å². The van der Waals surface area contributed by atoms with Crippen LogP contribution in [0.3, 0.4) is 0 Å². The fraction of sp³-hybridized carbons (Fsp3) is 0.333. The Morgan fingerprint density at radius 1 is 1.04 bits per heavy atom. The molecule has 0 spiro atoms. The monoisotopic (exact) mass is 381 g/mol. The Morgan fingerprint density at radius 2 is 1.82 bits per heavy atom. The summed E-state index contributed by atoms with van der Waals surface area (Å²) in [5.41, 5.74) is 3.77. The third-order valence-electron chi connectivity index (χ3n) is 5.11. The summed E-state index contributed by atoms with van der Waals surface area (Å²) in [5, 5.41) is 5.52. The molecule has 146 valence electrons. The molecule has 7 heteroatoms. The molecule has 2 aliphatic rings. The fourth-order valence-electron chi connectivity index (χ4n) is 3.41. The van der Waals surface area contributed by atoms with Gasteiger partial charge in [-0.15, -0.1) is 0 Å². The number of nitrogens with one attached hydrogen (secondary N) is 2. The van der Waals surface area contributed by atoms with Crippen molar-refractivity contribution in [2.45, 2.75) is 26.3 Å². The molecule has 0 radical (unpaired) electrons. The number of urea groups is 1. The first-order valence-electron chi connectivity index (χ1n) is 9.37. The van der Waals surface area contributed by atoms with Crippen molar-refractivity contribution in [2.24, 2.45) is 0 Å². The molecule has 7 nitrogen and oxygen atoms in total. The van der Waals surface area contributed by atoms with Gasteiger partial charge in [0.25, 0.3) is 0 Å². The average molecular weight is 381 g/mol. The Balaban J connectivity index is 1.38. The highest BCUT2D eigenvalue weighted by molar-refractivity contribution is 6.02. The maximum absolute atomic E-state index is 12.7. The highest BCUT2D eigenvalue weighted by atomic mass is 16.6. The first-order valence-corrected chi connectivity index (χ1v) is 9.37. The second-order valence-corrected chi connectivity index (χ2v) is 7.06. The normalized spacial score (nSPS) is 18.1. The summed E-state index contributed by atoms with van der Waals surface area (Å²) in [4.78, 5) is 26.8. The molecular weight excluding hydrogens is 358 g/mol. The van der Waals surface area contributed by atoms with E-state index in [0.717, 1.165) is 11.3 Å². The molecule has 1 fully saturated rings. The van der Waals surface area contributed by atoms with E-state index in [2.05, 4.69) is 10.6 Å². The zero-order valence-electron chi connectivity index (χ0n) is 16.0. The maximum atomic E-state index is 12.7. The van der Waals surface area contributed by atoms with Crippen LogP contribution in [0.1, 0.15) is 17.5 Å².